The third-order valence-corrected chi connectivity index (χ3v) is 5.40. The Labute approximate surface area is 173 Å². The monoisotopic (exact) mass is 410 g/mol. The molecule has 0 unspecified atom stereocenters. The molecule has 2 N–H and O–H groups in total. The molecule has 2 heterocycles. The van der Waals surface area contributed by atoms with Crippen LogP contribution in [0.2, 0.25) is 0 Å². The highest BCUT2D eigenvalue weighted by Crippen LogP contribution is 2.26. The summed E-state index contributed by atoms with van der Waals surface area (Å²) < 4.78 is 4.80. The number of aromatic amines is 2. The summed E-state index contributed by atoms with van der Waals surface area (Å²) in [5.74, 6) is 0.0206. The number of nitrogens with zero attached hydrogens (tertiary/aromatic N) is 2. The van der Waals surface area contributed by atoms with E-state index in [4.69, 9.17) is 4.74 Å². The van der Waals surface area contributed by atoms with Crippen LogP contribution in [0.15, 0.2) is 35.5 Å². The van der Waals surface area contributed by atoms with Crippen molar-refractivity contribution in [3.8, 4) is 0 Å². The summed E-state index contributed by atoms with van der Waals surface area (Å²) in [5, 5.41) is 7.08. The minimum Gasteiger partial charge on any atom is -0.465 e. The van der Waals surface area contributed by atoms with Crippen LogP contribution in [0, 0.1) is 13.8 Å². The minimum atomic E-state index is -0.459. The van der Waals surface area contributed by atoms with Gasteiger partial charge in [-0.2, -0.15) is 0 Å². The first kappa shape index (κ1) is 20.6. The van der Waals surface area contributed by atoms with Gasteiger partial charge in [-0.1, -0.05) is 48.2 Å². The molecular weight excluding hydrogens is 388 g/mol. The highest BCUT2D eigenvalue weighted by atomic mass is 32.2. The summed E-state index contributed by atoms with van der Waals surface area (Å²) in [5.41, 5.74) is 3.07. The van der Waals surface area contributed by atoms with E-state index in [-0.39, 0.29) is 5.78 Å². The van der Waals surface area contributed by atoms with Gasteiger partial charge in [0, 0.05) is 5.69 Å². The van der Waals surface area contributed by atoms with Crippen molar-refractivity contribution in [3.05, 3.63) is 64.2 Å². The molecule has 8 heteroatoms. The van der Waals surface area contributed by atoms with Gasteiger partial charge in [0.2, 0.25) is 5.16 Å². The number of ether oxygens (including phenoxy) is 1. The lowest BCUT2D eigenvalue weighted by atomic mass is 10.1. The lowest BCUT2D eigenvalue weighted by Gasteiger charge is -2.07. The number of methoxy groups -OCH3 is 1. The number of esters is 1. The zero-order chi connectivity index (χ0) is 21.0. The van der Waals surface area contributed by atoms with Crippen LogP contribution in [-0.4, -0.2) is 44.3 Å². The minimum absolute atomic E-state index is 0.128. The molecule has 150 valence electrons. The Morgan fingerprint density at radius 1 is 1.17 bits per heavy atom. The highest BCUT2D eigenvalue weighted by molar-refractivity contribution is 8.00. The van der Waals surface area contributed by atoms with Crippen LogP contribution < -0.4 is 0 Å². The molecule has 0 aliphatic heterocycles. The first-order valence-electron chi connectivity index (χ1n) is 9.04. The third kappa shape index (κ3) is 4.65. The number of Topliss-reactive ketones (excluding diaryl/α,β-unsaturated/α-hetero) is 1. The maximum absolute atomic E-state index is 12.9. The number of hydrogen-bond donors (Lipinski definition) is 2. The number of nitrogens with one attached hydrogen (secondary N) is 2. The zero-order valence-corrected chi connectivity index (χ0v) is 17.5. The van der Waals surface area contributed by atoms with E-state index in [2.05, 4.69) is 20.2 Å². The number of carbonyl (C=O) groups is 2. The number of hydrogen-bond acceptors (Lipinski definition) is 6. The number of aromatic nitrogens is 4. The Hall–Kier alpha value is -3.13. The molecule has 3 rings (SSSR count). The molecule has 0 amide bonds. The van der Waals surface area contributed by atoms with Gasteiger partial charge in [0.25, 0.3) is 0 Å². The van der Waals surface area contributed by atoms with E-state index in [1.165, 1.54) is 18.9 Å². The Bertz CT molecular complexity index is 1050. The van der Waals surface area contributed by atoms with Crippen LogP contribution >= 0.6 is 11.8 Å². The van der Waals surface area contributed by atoms with Gasteiger partial charge in [-0.05, 0) is 38.0 Å². The first-order chi connectivity index (χ1) is 13.9. The highest BCUT2D eigenvalue weighted by Gasteiger charge is 2.26. The third-order valence-electron chi connectivity index (χ3n) is 4.44. The van der Waals surface area contributed by atoms with Gasteiger partial charge in [-0.25, -0.2) is 9.78 Å². The second-order valence-electron chi connectivity index (χ2n) is 6.49. The molecule has 0 radical (unpaired) electrons. The van der Waals surface area contributed by atoms with Gasteiger partial charge in [-0.3, -0.25) is 9.89 Å². The summed E-state index contributed by atoms with van der Waals surface area (Å²) in [6.07, 6.45) is 3.77. The maximum atomic E-state index is 12.9. The molecule has 0 saturated carbocycles. The number of aryl methyl sites for hydroxylation is 1. The standard InChI is InChI=1S/C21H22N4O3S/c1-12-17(20(27)28-4)13(2)22-18(12)19(26)14(3)29-21-23-16(24-25-21)11-10-15-8-6-5-7-9-15/h5-11,14,22H,1-4H3,(H,23,24,25)/b11-10+/t14-/m1/s1. The van der Waals surface area contributed by atoms with Crippen LogP contribution in [0.1, 0.15) is 50.4 Å². The second-order valence-corrected chi connectivity index (χ2v) is 7.80. The molecule has 29 heavy (non-hydrogen) atoms. The van der Waals surface area contributed by atoms with Crippen LogP contribution in [0.4, 0.5) is 0 Å². The SMILES string of the molecule is COC(=O)c1c(C)[nH]c(C(=O)[C@@H](C)Sc2n[nH]c(/C=C/c3ccccc3)n2)c1C. The van der Waals surface area contributed by atoms with E-state index in [0.717, 1.165) is 5.56 Å². The van der Waals surface area contributed by atoms with Gasteiger partial charge < -0.3 is 9.72 Å². The van der Waals surface area contributed by atoms with Crippen LogP contribution in [0.5, 0.6) is 0 Å². The first-order valence-corrected chi connectivity index (χ1v) is 9.92. The van der Waals surface area contributed by atoms with E-state index in [9.17, 15) is 9.59 Å². The quantitative estimate of drug-likeness (QED) is 0.346. The van der Waals surface area contributed by atoms with Crippen molar-refractivity contribution >= 4 is 35.7 Å². The van der Waals surface area contributed by atoms with E-state index in [1.54, 1.807) is 20.8 Å². The fourth-order valence-corrected chi connectivity index (χ4v) is 3.73. The van der Waals surface area contributed by atoms with Crippen molar-refractivity contribution in [2.75, 3.05) is 7.11 Å². The Morgan fingerprint density at radius 3 is 2.59 bits per heavy atom. The van der Waals surface area contributed by atoms with Gasteiger partial charge in [0.1, 0.15) is 5.82 Å². The largest absolute Gasteiger partial charge is 0.465 e. The molecular formula is C21H22N4O3S. The lowest BCUT2D eigenvalue weighted by Crippen LogP contribution is -2.15. The Kier molecular flexibility index (Phi) is 6.33. The Balaban J connectivity index is 1.70. The van der Waals surface area contributed by atoms with Crippen molar-refractivity contribution in [2.45, 2.75) is 31.2 Å². The van der Waals surface area contributed by atoms with Crippen molar-refractivity contribution in [1.82, 2.24) is 20.2 Å². The predicted molar refractivity (Wildman–Crippen MR) is 113 cm³/mol. The maximum Gasteiger partial charge on any atom is 0.339 e. The number of ketones is 1. The summed E-state index contributed by atoms with van der Waals surface area (Å²) in [4.78, 5) is 32.2. The fraction of sp³-hybridized carbons (Fsp3) is 0.238. The van der Waals surface area contributed by atoms with Crippen molar-refractivity contribution in [2.24, 2.45) is 0 Å². The summed E-state index contributed by atoms with van der Waals surface area (Å²) in [6.45, 7) is 5.27. The van der Waals surface area contributed by atoms with Crippen molar-refractivity contribution < 1.29 is 14.3 Å². The molecule has 0 saturated heterocycles. The summed E-state index contributed by atoms with van der Waals surface area (Å²) >= 11 is 1.25. The van der Waals surface area contributed by atoms with Gasteiger partial charge in [0.05, 0.1) is 23.6 Å². The second kappa shape index (κ2) is 8.91. The predicted octanol–water partition coefficient (Wildman–Crippen LogP) is 4.07. The molecule has 1 atom stereocenters. The van der Waals surface area contributed by atoms with E-state index in [0.29, 0.717) is 33.5 Å². The van der Waals surface area contributed by atoms with Gasteiger partial charge >= 0.3 is 5.97 Å². The van der Waals surface area contributed by atoms with Crippen molar-refractivity contribution in [3.63, 3.8) is 0 Å². The summed E-state index contributed by atoms with van der Waals surface area (Å²) in [6, 6.07) is 9.87. The smallest absolute Gasteiger partial charge is 0.339 e. The molecule has 3 aromatic rings. The molecule has 0 spiro atoms. The van der Waals surface area contributed by atoms with E-state index in [1.807, 2.05) is 42.5 Å². The topological polar surface area (TPSA) is 101 Å². The molecule has 0 fully saturated rings. The zero-order valence-electron chi connectivity index (χ0n) is 16.6. The molecule has 0 aliphatic rings. The van der Waals surface area contributed by atoms with E-state index < -0.39 is 11.2 Å². The number of thioether (sulfide) groups is 1. The Morgan fingerprint density at radius 2 is 1.90 bits per heavy atom. The molecule has 1 aromatic carbocycles. The van der Waals surface area contributed by atoms with Gasteiger partial charge in [0.15, 0.2) is 5.78 Å². The van der Waals surface area contributed by atoms with Crippen LogP contribution in [0.25, 0.3) is 12.2 Å². The average Bonchev–Trinajstić information content (AvgIpc) is 3.29. The normalized spacial score (nSPS) is 12.3. The fourth-order valence-electron chi connectivity index (χ4n) is 2.94. The number of H-pyrrole nitrogens is 2. The van der Waals surface area contributed by atoms with Gasteiger partial charge in [-0.15, -0.1) is 5.10 Å². The number of carbonyl (C=O) groups excluding carboxylic acids is 2. The summed E-state index contributed by atoms with van der Waals surface area (Å²) in [7, 11) is 1.32. The van der Waals surface area contributed by atoms with Crippen LogP contribution in [0.3, 0.4) is 0 Å². The molecule has 2 aromatic heterocycles. The molecule has 0 bridgehead atoms. The van der Waals surface area contributed by atoms with Crippen LogP contribution in [-0.2, 0) is 4.74 Å². The number of rotatable bonds is 7. The molecule has 0 aliphatic carbocycles. The van der Waals surface area contributed by atoms with Crippen molar-refractivity contribution in [1.29, 1.82) is 0 Å². The number of benzene rings is 1. The average molecular weight is 410 g/mol. The lowest BCUT2D eigenvalue weighted by molar-refractivity contribution is 0.0599. The van der Waals surface area contributed by atoms with E-state index >= 15 is 0 Å². The molecule has 7 nitrogen and oxygen atoms in total.